The Morgan fingerprint density at radius 3 is 0.754 bits per heavy atom. The number of nitrogens with one attached hydrogen (secondary N) is 1. The first-order valence-electron chi connectivity index (χ1n) is 44.0. The van der Waals surface area contributed by atoms with E-state index >= 15 is 0 Å². The van der Waals surface area contributed by atoms with Gasteiger partial charge in [0.1, 0.15) is 84.6 Å². The van der Waals surface area contributed by atoms with Gasteiger partial charge in [-0.2, -0.15) is 0 Å². The summed E-state index contributed by atoms with van der Waals surface area (Å²) in [6.07, 6.45) is 23.1. The molecule has 6 amide bonds. The number of aryl methyl sites for hydroxylation is 4. The number of carbonyl (C=O) groups excluding carboxylic acids is 15. The molecule has 0 atom stereocenters. The van der Waals surface area contributed by atoms with E-state index in [1.54, 1.807) is 339 Å². The van der Waals surface area contributed by atoms with Crippen molar-refractivity contribution < 1.29 is 103 Å². The maximum atomic E-state index is 14.0. The van der Waals surface area contributed by atoms with Gasteiger partial charge in [-0.3, -0.25) is 116 Å². The van der Waals surface area contributed by atoms with Crippen LogP contribution >= 0.6 is 11.6 Å². The zero-order valence-electron chi connectivity index (χ0n) is 75.5. The van der Waals surface area contributed by atoms with Gasteiger partial charge in [-0.1, -0.05) is 109 Å². The summed E-state index contributed by atoms with van der Waals surface area (Å²) in [5, 5.41) is 2.63. The fourth-order valence-corrected chi connectivity index (χ4v) is 17.9. The van der Waals surface area contributed by atoms with Gasteiger partial charge in [-0.05, 0) is 163 Å². The third kappa shape index (κ3) is 16.9. The highest BCUT2D eigenvalue weighted by atomic mass is 35.5. The number of anilines is 7. The minimum atomic E-state index is -0.540. The van der Waals surface area contributed by atoms with E-state index in [0.29, 0.717) is 90.8 Å². The van der Waals surface area contributed by atoms with Gasteiger partial charge in [0.2, 0.25) is 40.5 Å². The van der Waals surface area contributed by atoms with Crippen LogP contribution < -0.4 is 65.4 Å². The Morgan fingerprint density at radius 1 is 0.268 bits per heavy atom. The summed E-state index contributed by atoms with van der Waals surface area (Å²) >= 11 is 5.12. The van der Waals surface area contributed by atoms with Gasteiger partial charge in [-0.15, -0.1) is 0 Å². The largest absolute Gasteiger partial charge is 1.00 e. The van der Waals surface area contributed by atoms with Crippen LogP contribution in [0, 0.1) is 0 Å². The second kappa shape index (κ2) is 39.0. The predicted octanol–water partition coefficient (Wildman–Crippen LogP) is 11.4. The van der Waals surface area contributed by atoms with Gasteiger partial charge >= 0.3 is 0 Å². The van der Waals surface area contributed by atoms with Crippen molar-refractivity contribution >= 4 is 138 Å². The molecule has 0 radical (unpaired) electrons. The van der Waals surface area contributed by atoms with E-state index in [-0.39, 0.29) is 103 Å². The van der Waals surface area contributed by atoms with E-state index in [0.717, 1.165) is 11.3 Å². The number of para-hydroxylation sites is 7. The van der Waals surface area contributed by atoms with Crippen LogP contribution in [0.2, 0.25) is 0 Å². The first-order valence-corrected chi connectivity index (χ1v) is 44.3. The van der Waals surface area contributed by atoms with Crippen LogP contribution in [0.5, 0.6) is 0 Å². The number of carbonyl (C=O) groups is 15. The Hall–Kier alpha value is -19.0. The van der Waals surface area contributed by atoms with Crippen LogP contribution in [0.4, 0.5) is 39.8 Å². The molecule has 1 aliphatic carbocycles. The molecule has 15 aromatic rings. The fourth-order valence-electron chi connectivity index (χ4n) is 17.8. The Balaban J connectivity index is 0.000000123. The van der Waals surface area contributed by atoms with Crippen molar-refractivity contribution in [3.8, 4) is 0 Å². The van der Waals surface area contributed by atoms with Gasteiger partial charge in [-0.25, -0.2) is 18.3 Å². The maximum Gasteiger partial charge on any atom is 0.269 e. The number of hydrogen-bond donors (Lipinski definition) is 1. The maximum absolute atomic E-state index is 14.0. The standard InChI is InChI=1S/2C30H22N4O4.C28H16N4O4.C17H11NO2.C6H4ClNO.ClH/c2*1-31-15-7-9-19(17-31)29(37)33-23-13-5-3-11-21(23)27(35)25(33)26-28(36)22-12-4-6-14-24(22)34(26)30(38)20-10-8-16-32(2)18-20;33-25-19-9-1-3-11-21(19)31(27(35)17-7-5-13-29-15-17)23(25)24-26(34)20-10-2-4-12-22(20)32(24)28(36)18-8-6-14-30-16-18;19-16-11-6-2-1-5-10(11)9-13(16)15-17(20)12-7-3-4-8-14(12)18-15;7-6(9)5-2-1-3-8-4-5;/h2*3-18H,1-2H3;1-16H;1-8,18H,9H2;1-4H;1H/q2*+2;;;;/p-1/b2*26-25+;24-23+;15-13-;;. The number of allylic oxidation sites excluding steroid dienone is 8. The molecular formula is C111H75Cl2N14O15+3. The van der Waals surface area contributed by atoms with Crippen LogP contribution in [0.1, 0.15) is 161 Å². The Bertz CT molecular complexity index is 7450. The Labute approximate surface area is 820 Å². The van der Waals surface area contributed by atoms with Gasteiger partial charge in [0, 0.05) is 124 Å². The minimum absolute atomic E-state index is 0. The summed E-state index contributed by atoms with van der Waals surface area (Å²) < 4.78 is 6.91. The molecule has 690 valence electrons. The number of aromatic nitrogens is 7. The molecule has 14 heterocycles. The smallest absolute Gasteiger partial charge is 0.269 e. The summed E-state index contributed by atoms with van der Waals surface area (Å²) in [6.45, 7) is 0. The summed E-state index contributed by atoms with van der Waals surface area (Å²) in [7, 11) is 7.15. The highest BCUT2D eigenvalue weighted by molar-refractivity contribution is 6.67. The van der Waals surface area contributed by atoms with Crippen LogP contribution in [0.15, 0.2) is 411 Å². The molecule has 7 aromatic heterocycles. The average Bonchev–Trinajstić information content (AvgIpc) is 1.57. The molecule has 0 saturated carbocycles. The molecule has 8 aliphatic rings. The molecule has 1 N–H and O–H groups in total. The van der Waals surface area contributed by atoms with Crippen molar-refractivity contribution in [3.63, 3.8) is 0 Å². The lowest BCUT2D eigenvalue weighted by atomic mass is 10.1. The quantitative estimate of drug-likeness (QED) is 0.0880. The fraction of sp³-hybridized carbons (Fsp3) is 0.0450. The second-order valence-electron chi connectivity index (χ2n) is 33.1. The monoisotopic (exact) mass is 1910 g/mol. The van der Waals surface area contributed by atoms with Gasteiger partial charge in [0.15, 0.2) is 55.4 Å². The number of halogens is 2. The number of rotatable bonds is 7. The molecule has 142 heavy (non-hydrogen) atoms. The van der Waals surface area contributed by atoms with Crippen molar-refractivity contribution in [1.29, 1.82) is 0 Å². The van der Waals surface area contributed by atoms with Gasteiger partial charge in [0.05, 0.1) is 56.5 Å². The lowest BCUT2D eigenvalue weighted by Gasteiger charge is -2.24. The van der Waals surface area contributed by atoms with Crippen LogP contribution in [0.25, 0.3) is 0 Å². The second-order valence-corrected chi connectivity index (χ2v) is 33.4. The predicted molar refractivity (Wildman–Crippen MR) is 516 cm³/mol. The van der Waals surface area contributed by atoms with E-state index in [1.165, 1.54) is 60.4 Å². The Kier molecular flexibility index (Phi) is 25.7. The molecule has 29 nitrogen and oxygen atoms in total. The minimum Gasteiger partial charge on any atom is -1.00 e. The zero-order valence-corrected chi connectivity index (χ0v) is 77.1. The van der Waals surface area contributed by atoms with E-state index in [1.807, 2.05) is 42.5 Å². The number of ketones is 8. The lowest BCUT2D eigenvalue weighted by molar-refractivity contribution is -0.671. The van der Waals surface area contributed by atoms with Crippen molar-refractivity contribution in [2.24, 2.45) is 28.2 Å². The lowest BCUT2D eigenvalue weighted by Crippen LogP contribution is -3.00. The number of amides is 6. The van der Waals surface area contributed by atoms with Gasteiger partial charge < -0.3 is 17.7 Å². The molecule has 0 saturated heterocycles. The molecular weight excluding hydrogens is 1840 g/mol. The third-order valence-corrected chi connectivity index (χ3v) is 24.4. The summed E-state index contributed by atoms with van der Waals surface area (Å²) in [4.78, 5) is 221. The first-order chi connectivity index (χ1) is 68.4. The van der Waals surface area contributed by atoms with Crippen molar-refractivity contribution in [2.75, 3.05) is 34.7 Å². The van der Waals surface area contributed by atoms with E-state index in [9.17, 15) is 71.9 Å². The molecule has 31 heteroatoms. The molecule has 23 rings (SSSR count). The average molecular weight is 1920 g/mol. The number of pyridine rings is 7. The number of fused-ring (bicyclic) bond motifs is 8. The number of hydrogen-bond acceptors (Lipinski definition) is 19. The first kappa shape index (κ1) is 93.4. The SMILES string of the molecule is C[n+]1cccc(C(=O)N2/C(=C3\C(=O)c4ccccc4N3C(=O)c3ccc[n+](C)c3)C(=O)c3ccccc32)c1.C[n+]1cccc(C(=O)N2/C(=C3\C(=O)c4ccccc4N3C(=O)c3ccc[n+](C)c3)C(=O)c3ccccc32)c1.O=C(Cl)c1cccnc1.O=C1/C(=C2/C(=O)c3ccccc3N2C(=O)c2cccnc2)N(C(=O)c2cccnc2)c2ccccc21.O=C1/C(=C2\Nc3ccccc3C2=O)Cc2ccccc21.[Cl-]. The molecule has 0 unspecified atom stereocenters. The third-order valence-electron chi connectivity index (χ3n) is 24.2. The molecule has 8 aromatic carbocycles. The van der Waals surface area contributed by atoms with Crippen molar-refractivity contribution in [1.82, 2.24) is 15.0 Å². The molecule has 0 spiro atoms. The number of nitrogens with zero attached hydrogens (tertiary/aromatic N) is 13. The molecule has 0 fully saturated rings. The highest BCUT2D eigenvalue weighted by Gasteiger charge is 2.52. The number of benzene rings is 8. The number of Topliss-reactive ketones (excluding diaryl/α,β-unsaturated/α-hetero) is 8. The van der Waals surface area contributed by atoms with Crippen molar-refractivity contribution in [3.05, 3.63) is 500 Å². The van der Waals surface area contributed by atoms with Crippen LogP contribution in [-0.2, 0) is 34.6 Å². The highest BCUT2D eigenvalue weighted by Crippen LogP contribution is 2.49. The zero-order chi connectivity index (χ0) is 98.3. The van der Waals surface area contributed by atoms with Gasteiger partial charge in [0.25, 0.3) is 40.7 Å². The molecule has 0 bridgehead atoms. The van der Waals surface area contributed by atoms with Crippen LogP contribution in [-0.4, -0.2) is 102 Å². The summed E-state index contributed by atoms with van der Waals surface area (Å²) in [5.41, 5.74) is 9.16. The van der Waals surface area contributed by atoms with Crippen LogP contribution in [0.3, 0.4) is 0 Å². The topological polar surface area (TPSA) is 342 Å². The normalized spacial score (nSPS) is 16.1. The van der Waals surface area contributed by atoms with E-state index in [4.69, 9.17) is 11.6 Å². The van der Waals surface area contributed by atoms with E-state index in [2.05, 4.69) is 20.3 Å². The summed E-state index contributed by atoms with van der Waals surface area (Å²) in [5.74, 6) is -6.18. The summed E-state index contributed by atoms with van der Waals surface area (Å²) in [6, 6.07) is 78.1. The Morgan fingerprint density at radius 2 is 0.507 bits per heavy atom. The van der Waals surface area contributed by atoms with E-state index < -0.39 is 75.4 Å². The van der Waals surface area contributed by atoms with Crippen molar-refractivity contribution in [2.45, 2.75) is 6.42 Å². The molecule has 7 aliphatic heterocycles.